The van der Waals surface area contributed by atoms with Crippen LogP contribution in [-0.4, -0.2) is 57.0 Å². The van der Waals surface area contributed by atoms with E-state index in [0.29, 0.717) is 5.78 Å². The van der Waals surface area contributed by atoms with Crippen LogP contribution in [0.4, 0.5) is 0 Å². The van der Waals surface area contributed by atoms with Crippen LogP contribution in [0, 0.1) is 5.92 Å². The first-order valence-electron chi connectivity index (χ1n) is 6.11. The quantitative estimate of drug-likeness (QED) is 0.560. The Morgan fingerprint density at radius 3 is 2.38 bits per heavy atom. The molecule has 4 nitrogen and oxygen atoms in total. The van der Waals surface area contributed by atoms with Gasteiger partial charge in [0.2, 0.25) is 0 Å². The van der Waals surface area contributed by atoms with Crippen molar-refractivity contribution in [3.63, 3.8) is 0 Å². The van der Waals surface area contributed by atoms with Crippen LogP contribution in [0.15, 0.2) is 0 Å². The van der Waals surface area contributed by atoms with Gasteiger partial charge in [-0.25, -0.2) is 0 Å². The first kappa shape index (κ1) is 15.6. The molecular formula is C12H27N3O. The summed E-state index contributed by atoms with van der Waals surface area (Å²) in [6, 6.07) is -0.0489. The van der Waals surface area contributed by atoms with Gasteiger partial charge in [0.15, 0.2) is 5.78 Å². The molecule has 1 unspecified atom stereocenters. The van der Waals surface area contributed by atoms with Crippen molar-refractivity contribution in [2.45, 2.75) is 26.8 Å². The Morgan fingerprint density at radius 2 is 1.94 bits per heavy atom. The topological polar surface area (TPSA) is 44.4 Å². The molecule has 0 fully saturated rings. The molecule has 0 aliphatic rings. The summed E-state index contributed by atoms with van der Waals surface area (Å²) in [5.74, 6) is 0.388. The number of nitrogens with one attached hydrogen (secondary N) is 2. The molecular weight excluding hydrogens is 202 g/mol. The van der Waals surface area contributed by atoms with E-state index in [2.05, 4.69) is 15.5 Å². The number of nitrogens with zero attached hydrogens (tertiary/aromatic N) is 1. The second kappa shape index (κ2) is 8.67. The van der Waals surface area contributed by atoms with Gasteiger partial charge in [-0.2, -0.15) is 0 Å². The van der Waals surface area contributed by atoms with Crippen LogP contribution in [0.5, 0.6) is 0 Å². The molecule has 4 heteroatoms. The highest BCUT2D eigenvalue weighted by Gasteiger charge is 2.19. The van der Waals surface area contributed by atoms with Crippen molar-refractivity contribution in [3.05, 3.63) is 0 Å². The van der Waals surface area contributed by atoms with E-state index in [0.717, 1.165) is 26.2 Å². The summed E-state index contributed by atoms with van der Waals surface area (Å²) in [4.78, 5) is 14.0. The summed E-state index contributed by atoms with van der Waals surface area (Å²) in [5.41, 5.74) is 0. The molecule has 0 amide bonds. The monoisotopic (exact) mass is 229 g/mol. The molecule has 0 bridgehead atoms. The summed E-state index contributed by atoms with van der Waals surface area (Å²) in [5, 5.41) is 6.54. The van der Waals surface area contributed by atoms with Crippen molar-refractivity contribution in [3.8, 4) is 0 Å². The van der Waals surface area contributed by atoms with Gasteiger partial charge in [-0.3, -0.25) is 4.79 Å². The number of hydrogen-bond donors (Lipinski definition) is 2. The smallest absolute Gasteiger partial charge is 0.153 e. The minimum Gasteiger partial charge on any atom is -0.313 e. The Kier molecular flexibility index (Phi) is 8.43. The van der Waals surface area contributed by atoms with Crippen LogP contribution in [0.3, 0.4) is 0 Å². The minimum atomic E-state index is -0.0489. The van der Waals surface area contributed by atoms with Crippen LogP contribution < -0.4 is 10.6 Å². The highest BCUT2D eigenvalue weighted by molar-refractivity contribution is 5.85. The maximum Gasteiger partial charge on any atom is 0.153 e. The van der Waals surface area contributed by atoms with Crippen LogP contribution in [0.25, 0.3) is 0 Å². The number of Topliss-reactive ketones (excluding diaryl/α,β-unsaturated/α-hetero) is 1. The molecule has 0 radical (unpaired) electrons. The zero-order chi connectivity index (χ0) is 12.6. The van der Waals surface area contributed by atoms with Crippen molar-refractivity contribution < 1.29 is 4.79 Å². The first-order valence-corrected chi connectivity index (χ1v) is 6.11. The fraction of sp³-hybridized carbons (Fsp3) is 0.917. The Balaban J connectivity index is 3.89. The third kappa shape index (κ3) is 6.93. The summed E-state index contributed by atoms with van der Waals surface area (Å²) < 4.78 is 0. The molecule has 0 aliphatic carbocycles. The lowest BCUT2D eigenvalue weighted by molar-refractivity contribution is -0.123. The molecule has 0 aromatic heterocycles. The largest absolute Gasteiger partial charge is 0.313 e. The number of carbonyl (C=O) groups is 1. The molecule has 0 aromatic carbocycles. The van der Waals surface area contributed by atoms with Crippen LogP contribution in [0.2, 0.25) is 0 Å². The van der Waals surface area contributed by atoms with E-state index < -0.39 is 0 Å². The third-order valence-corrected chi connectivity index (χ3v) is 2.45. The Morgan fingerprint density at radius 1 is 1.31 bits per heavy atom. The summed E-state index contributed by atoms with van der Waals surface area (Å²) >= 11 is 0. The normalized spacial score (nSPS) is 13.4. The highest BCUT2D eigenvalue weighted by atomic mass is 16.1. The SMILES string of the molecule is CCNC(CNCCN(C)C)C(=O)C(C)C. The summed E-state index contributed by atoms with van der Waals surface area (Å²) in [6.45, 7) is 9.39. The van der Waals surface area contributed by atoms with Gasteiger partial charge in [0.05, 0.1) is 6.04 Å². The Labute approximate surface area is 99.8 Å². The number of likely N-dealkylation sites (N-methyl/N-ethyl adjacent to an activating group) is 2. The summed E-state index contributed by atoms with van der Waals surface area (Å²) in [6.07, 6.45) is 0. The van der Waals surface area contributed by atoms with Crippen molar-refractivity contribution in [2.75, 3.05) is 40.3 Å². The predicted octanol–water partition coefficient (Wildman–Crippen LogP) is 0.341. The minimum absolute atomic E-state index is 0.0489. The highest BCUT2D eigenvalue weighted by Crippen LogP contribution is 1.99. The van der Waals surface area contributed by atoms with Gasteiger partial charge < -0.3 is 15.5 Å². The zero-order valence-electron chi connectivity index (χ0n) is 11.3. The fourth-order valence-electron chi connectivity index (χ4n) is 1.47. The molecule has 0 saturated heterocycles. The number of ketones is 1. The molecule has 96 valence electrons. The third-order valence-electron chi connectivity index (χ3n) is 2.45. The van der Waals surface area contributed by atoms with Crippen molar-refractivity contribution in [1.82, 2.24) is 15.5 Å². The Hall–Kier alpha value is -0.450. The maximum absolute atomic E-state index is 11.8. The van der Waals surface area contributed by atoms with Gasteiger partial charge in [-0.05, 0) is 20.6 Å². The molecule has 0 aliphatic heterocycles. The van der Waals surface area contributed by atoms with Crippen molar-refractivity contribution >= 4 is 5.78 Å². The second-order valence-corrected chi connectivity index (χ2v) is 4.67. The van der Waals surface area contributed by atoms with Gasteiger partial charge in [0.1, 0.15) is 0 Å². The van der Waals surface area contributed by atoms with E-state index in [9.17, 15) is 4.79 Å². The molecule has 2 N–H and O–H groups in total. The van der Waals surface area contributed by atoms with Gasteiger partial charge in [0.25, 0.3) is 0 Å². The van der Waals surface area contributed by atoms with E-state index in [1.54, 1.807) is 0 Å². The first-order chi connectivity index (χ1) is 7.49. The molecule has 0 spiro atoms. The van der Waals surface area contributed by atoms with E-state index in [1.165, 1.54) is 0 Å². The Bertz CT molecular complexity index is 193. The van der Waals surface area contributed by atoms with Crippen LogP contribution in [0.1, 0.15) is 20.8 Å². The van der Waals surface area contributed by atoms with Crippen molar-refractivity contribution in [2.24, 2.45) is 5.92 Å². The van der Waals surface area contributed by atoms with E-state index in [-0.39, 0.29) is 12.0 Å². The van der Waals surface area contributed by atoms with Gasteiger partial charge in [-0.1, -0.05) is 20.8 Å². The zero-order valence-corrected chi connectivity index (χ0v) is 11.3. The van der Waals surface area contributed by atoms with Gasteiger partial charge in [0, 0.05) is 25.6 Å². The lowest BCUT2D eigenvalue weighted by Crippen LogP contribution is -2.47. The molecule has 0 rings (SSSR count). The number of rotatable bonds is 9. The molecule has 1 atom stereocenters. The van der Waals surface area contributed by atoms with Crippen LogP contribution in [-0.2, 0) is 4.79 Å². The average Bonchev–Trinajstić information content (AvgIpc) is 2.21. The average molecular weight is 229 g/mol. The maximum atomic E-state index is 11.8. The standard InChI is InChI=1S/C12H27N3O/c1-6-14-11(12(16)10(2)3)9-13-7-8-15(4)5/h10-11,13-14H,6-9H2,1-5H3. The van der Waals surface area contributed by atoms with Crippen molar-refractivity contribution in [1.29, 1.82) is 0 Å². The van der Waals surface area contributed by atoms with Gasteiger partial charge in [-0.15, -0.1) is 0 Å². The van der Waals surface area contributed by atoms with Crippen LogP contribution >= 0.6 is 0 Å². The molecule has 0 aromatic rings. The van der Waals surface area contributed by atoms with Gasteiger partial charge >= 0.3 is 0 Å². The molecule has 0 heterocycles. The van der Waals surface area contributed by atoms with E-state index in [4.69, 9.17) is 0 Å². The fourth-order valence-corrected chi connectivity index (χ4v) is 1.47. The second-order valence-electron chi connectivity index (χ2n) is 4.67. The van der Waals surface area contributed by atoms with E-state index >= 15 is 0 Å². The lowest BCUT2D eigenvalue weighted by Gasteiger charge is -2.20. The number of hydrogen-bond acceptors (Lipinski definition) is 4. The number of carbonyl (C=O) groups excluding carboxylic acids is 1. The predicted molar refractivity (Wildman–Crippen MR) is 68.7 cm³/mol. The van der Waals surface area contributed by atoms with E-state index in [1.807, 2.05) is 34.9 Å². The summed E-state index contributed by atoms with van der Waals surface area (Å²) in [7, 11) is 4.09. The molecule has 16 heavy (non-hydrogen) atoms. The lowest BCUT2D eigenvalue weighted by atomic mass is 10.0. The molecule has 0 saturated carbocycles.